The van der Waals surface area contributed by atoms with Crippen molar-refractivity contribution in [3.63, 3.8) is 0 Å². The Morgan fingerprint density at radius 2 is 1.93 bits per heavy atom. The number of alkyl halides is 1. The summed E-state index contributed by atoms with van der Waals surface area (Å²) in [5.41, 5.74) is 0.136. The van der Waals surface area contributed by atoms with Crippen molar-refractivity contribution in [2.45, 2.75) is 5.79 Å². The molecule has 82 valence electrons. The number of hydrogen-bond donors (Lipinski definition) is 0. The van der Waals surface area contributed by atoms with Gasteiger partial charge in [-0.2, -0.15) is 0 Å². The van der Waals surface area contributed by atoms with Crippen LogP contribution in [0.1, 0.15) is 5.56 Å². The second kappa shape index (κ2) is 4.04. The first-order valence-corrected chi connectivity index (χ1v) is 5.01. The molecule has 1 aliphatic heterocycles. The van der Waals surface area contributed by atoms with Gasteiger partial charge in [0.15, 0.2) is 0 Å². The fourth-order valence-corrected chi connectivity index (χ4v) is 1.86. The van der Waals surface area contributed by atoms with Crippen LogP contribution in [0.3, 0.4) is 0 Å². The smallest absolute Gasteiger partial charge is 0.211 e. The third kappa shape index (κ3) is 1.85. The van der Waals surface area contributed by atoms with Crippen molar-refractivity contribution in [1.29, 1.82) is 0 Å². The van der Waals surface area contributed by atoms with Gasteiger partial charge in [-0.05, 0) is 12.1 Å². The molecule has 0 aliphatic carbocycles. The van der Waals surface area contributed by atoms with Crippen LogP contribution in [0.2, 0.25) is 0 Å². The summed E-state index contributed by atoms with van der Waals surface area (Å²) in [4.78, 5) is 0. The van der Waals surface area contributed by atoms with E-state index >= 15 is 0 Å². The summed E-state index contributed by atoms with van der Waals surface area (Å²) in [6, 6.07) is 3.23. The zero-order valence-corrected chi connectivity index (χ0v) is 8.56. The van der Waals surface area contributed by atoms with Crippen molar-refractivity contribution in [3.05, 3.63) is 35.4 Å². The van der Waals surface area contributed by atoms with Crippen LogP contribution in [0.25, 0.3) is 0 Å². The van der Waals surface area contributed by atoms with E-state index in [1.807, 2.05) is 0 Å². The fourth-order valence-electron chi connectivity index (χ4n) is 1.56. The van der Waals surface area contributed by atoms with Crippen molar-refractivity contribution in [3.8, 4) is 0 Å². The van der Waals surface area contributed by atoms with Crippen LogP contribution in [0.15, 0.2) is 18.2 Å². The lowest BCUT2D eigenvalue weighted by molar-refractivity contribution is -0.148. The summed E-state index contributed by atoms with van der Waals surface area (Å²) in [5, 5.41) is 0. The molecular weight excluding hydrogens is 226 g/mol. The van der Waals surface area contributed by atoms with Gasteiger partial charge >= 0.3 is 0 Å². The maximum Gasteiger partial charge on any atom is 0.211 e. The van der Waals surface area contributed by atoms with E-state index in [9.17, 15) is 8.78 Å². The molecule has 0 radical (unpaired) electrons. The summed E-state index contributed by atoms with van der Waals surface area (Å²) in [7, 11) is 0. The van der Waals surface area contributed by atoms with Crippen molar-refractivity contribution in [1.82, 2.24) is 0 Å². The normalized spacial score (nSPS) is 19.4. The molecule has 2 nitrogen and oxygen atoms in total. The van der Waals surface area contributed by atoms with E-state index < -0.39 is 17.4 Å². The van der Waals surface area contributed by atoms with Crippen LogP contribution in [0.4, 0.5) is 8.78 Å². The van der Waals surface area contributed by atoms with Crippen molar-refractivity contribution < 1.29 is 18.3 Å². The lowest BCUT2D eigenvalue weighted by Crippen LogP contribution is -2.30. The second-order valence-corrected chi connectivity index (χ2v) is 3.47. The Morgan fingerprint density at radius 3 is 2.47 bits per heavy atom. The summed E-state index contributed by atoms with van der Waals surface area (Å²) in [6.45, 7) is 0.701. The predicted molar refractivity (Wildman–Crippen MR) is 50.7 cm³/mol. The fraction of sp³-hybridized carbons (Fsp3) is 0.400. The zero-order chi connectivity index (χ0) is 10.9. The highest BCUT2D eigenvalue weighted by Crippen LogP contribution is 2.34. The molecule has 1 aliphatic rings. The first kappa shape index (κ1) is 10.8. The molecule has 1 aromatic rings. The highest BCUT2D eigenvalue weighted by molar-refractivity contribution is 6.18. The highest BCUT2D eigenvalue weighted by Gasteiger charge is 2.40. The predicted octanol–water partition coefficient (Wildman–Crippen LogP) is 2.40. The Balaban J connectivity index is 2.42. The van der Waals surface area contributed by atoms with Crippen LogP contribution >= 0.6 is 11.6 Å². The minimum atomic E-state index is -1.26. The van der Waals surface area contributed by atoms with Crippen molar-refractivity contribution in [2.24, 2.45) is 0 Å². The molecule has 1 fully saturated rings. The van der Waals surface area contributed by atoms with Crippen molar-refractivity contribution in [2.75, 3.05) is 19.1 Å². The Kier molecular flexibility index (Phi) is 2.91. The lowest BCUT2D eigenvalue weighted by Gasteiger charge is -2.25. The molecule has 0 unspecified atom stereocenters. The largest absolute Gasteiger partial charge is 0.342 e. The average molecular weight is 235 g/mol. The van der Waals surface area contributed by atoms with Gasteiger partial charge in [0.1, 0.15) is 11.6 Å². The molecule has 0 saturated carbocycles. The van der Waals surface area contributed by atoms with Crippen LogP contribution in [-0.2, 0) is 15.3 Å². The first-order valence-electron chi connectivity index (χ1n) is 4.47. The van der Waals surface area contributed by atoms with E-state index in [0.29, 0.717) is 13.2 Å². The van der Waals surface area contributed by atoms with Crippen LogP contribution in [-0.4, -0.2) is 19.1 Å². The molecule has 0 bridgehead atoms. The SMILES string of the molecule is Fc1ccc(C2(CCl)OCCO2)c(F)c1. The van der Waals surface area contributed by atoms with Gasteiger partial charge in [-0.15, -0.1) is 11.6 Å². The van der Waals surface area contributed by atoms with E-state index in [0.717, 1.165) is 12.1 Å². The summed E-state index contributed by atoms with van der Waals surface area (Å²) in [5.74, 6) is -2.65. The molecule has 2 rings (SSSR count). The second-order valence-electron chi connectivity index (χ2n) is 3.21. The number of benzene rings is 1. The molecule has 1 aromatic carbocycles. The summed E-state index contributed by atoms with van der Waals surface area (Å²) in [6.07, 6.45) is 0. The molecular formula is C10H9ClF2O2. The maximum absolute atomic E-state index is 13.5. The zero-order valence-electron chi connectivity index (χ0n) is 7.80. The van der Waals surface area contributed by atoms with Gasteiger partial charge in [-0.3, -0.25) is 0 Å². The summed E-state index contributed by atoms with van der Waals surface area (Å²) < 4.78 is 36.7. The van der Waals surface area contributed by atoms with Gasteiger partial charge < -0.3 is 9.47 Å². The monoisotopic (exact) mass is 234 g/mol. The molecule has 5 heteroatoms. The molecule has 0 atom stereocenters. The van der Waals surface area contributed by atoms with Gasteiger partial charge in [0.05, 0.1) is 19.1 Å². The Morgan fingerprint density at radius 1 is 1.27 bits per heavy atom. The molecule has 15 heavy (non-hydrogen) atoms. The Labute approximate surface area is 90.7 Å². The van der Waals surface area contributed by atoms with E-state index in [1.54, 1.807) is 0 Å². The standard InChI is InChI=1S/C10H9ClF2O2/c11-6-10(14-3-4-15-10)8-2-1-7(12)5-9(8)13/h1-2,5H,3-4,6H2. The van der Waals surface area contributed by atoms with Gasteiger partial charge in [0, 0.05) is 11.6 Å². The molecule has 1 saturated heterocycles. The Hall–Kier alpha value is -0.710. The molecule has 0 N–H and O–H groups in total. The van der Waals surface area contributed by atoms with Crippen molar-refractivity contribution >= 4 is 11.6 Å². The van der Waals surface area contributed by atoms with Gasteiger partial charge in [-0.25, -0.2) is 8.78 Å². The molecule has 1 heterocycles. The van der Waals surface area contributed by atoms with E-state index in [2.05, 4.69) is 0 Å². The number of rotatable bonds is 2. The first-order chi connectivity index (χ1) is 7.18. The summed E-state index contributed by atoms with van der Waals surface area (Å²) >= 11 is 5.70. The van der Waals surface area contributed by atoms with Gasteiger partial charge in [0.25, 0.3) is 0 Å². The van der Waals surface area contributed by atoms with E-state index in [-0.39, 0.29) is 11.4 Å². The van der Waals surface area contributed by atoms with E-state index in [4.69, 9.17) is 21.1 Å². The minimum absolute atomic E-state index is 0.0322. The van der Waals surface area contributed by atoms with Crippen LogP contribution < -0.4 is 0 Å². The molecule has 0 spiro atoms. The molecule has 0 aromatic heterocycles. The van der Waals surface area contributed by atoms with Gasteiger partial charge in [-0.1, -0.05) is 0 Å². The van der Waals surface area contributed by atoms with Gasteiger partial charge in [0.2, 0.25) is 5.79 Å². The third-order valence-corrected chi connectivity index (χ3v) is 2.62. The number of halogens is 3. The highest BCUT2D eigenvalue weighted by atomic mass is 35.5. The topological polar surface area (TPSA) is 18.5 Å². The number of ether oxygens (including phenoxy) is 2. The number of hydrogen-bond acceptors (Lipinski definition) is 2. The molecule has 0 amide bonds. The Bertz CT molecular complexity index is 364. The average Bonchev–Trinajstić information content (AvgIpc) is 2.67. The van der Waals surface area contributed by atoms with E-state index in [1.165, 1.54) is 6.07 Å². The maximum atomic E-state index is 13.5. The minimum Gasteiger partial charge on any atom is -0.342 e. The van der Waals surface area contributed by atoms with Crippen LogP contribution in [0.5, 0.6) is 0 Å². The third-order valence-electron chi connectivity index (χ3n) is 2.27. The lowest BCUT2D eigenvalue weighted by atomic mass is 10.1. The quantitative estimate of drug-likeness (QED) is 0.732. The van der Waals surface area contributed by atoms with Crippen LogP contribution in [0, 0.1) is 11.6 Å².